The number of carbonyl (C=O) groups is 1. The van der Waals surface area contributed by atoms with Crippen LogP contribution in [0, 0.1) is 5.82 Å². The molecule has 0 fully saturated rings. The number of fused-ring (bicyclic) bond motifs is 1. The molecule has 0 spiro atoms. The number of anilines is 1. The molecule has 0 radical (unpaired) electrons. The van der Waals surface area contributed by atoms with Gasteiger partial charge in [-0.15, -0.1) is 0 Å². The first-order valence-electron chi connectivity index (χ1n) is 7.15. The second-order valence-electron chi connectivity index (χ2n) is 5.08. The van der Waals surface area contributed by atoms with E-state index in [0.29, 0.717) is 18.0 Å². The molecule has 1 heterocycles. The lowest BCUT2D eigenvalue weighted by Gasteiger charge is -2.20. The Balaban J connectivity index is 1.67. The van der Waals surface area contributed by atoms with Gasteiger partial charge in [-0.3, -0.25) is 5.32 Å². The number of nitrogens with one attached hydrogen (secondary N) is 1. The van der Waals surface area contributed by atoms with Gasteiger partial charge in [-0.25, -0.2) is 9.18 Å². The highest BCUT2D eigenvalue weighted by molar-refractivity contribution is 5.87. The Morgan fingerprint density at radius 2 is 2.09 bits per heavy atom. The summed E-state index contributed by atoms with van der Waals surface area (Å²) in [4.78, 5) is 11.9. The molecule has 0 atom stereocenters. The van der Waals surface area contributed by atoms with Crippen LogP contribution in [0.4, 0.5) is 14.9 Å². The van der Waals surface area contributed by atoms with E-state index >= 15 is 0 Å². The lowest BCUT2D eigenvalue weighted by atomic mass is 10.1. The predicted molar refractivity (Wildman–Crippen MR) is 80.5 cm³/mol. The first-order valence-corrected chi connectivity index (χ1v) is 7.15. The fourth-order valence-electron chi connectivity index (χ4n) is 2.41. The van der Waals surface area contributed by atoms with Crippen molar-refractivity contribution in [1.29, 1.82) is 0 Å². The van der Waals surface area contributed by atoms with Crippen LogP contribution in [0.5, 0.6) is 5.75 Å². The normalized spacial score (nSPS) is 13.0. The standard InChI is InChI=1S/C17H16FNO3/c18-14-9-13-7-4-8-21-16(13)15(10-14)19-17(20)22-11-12-5-2-1-3-6-12/h1-3,5-6,9-10H,4,7-8,11H2,(H,19,20). The molecular weight excluding hydrogens is 285 g/mol. The summed E-state index contributed by atoms with van der Waals surface area (Å²) >= 11 is 0. The molecule has 4 nitrogen and oxygen atoms in total. The monoisotopic (exact) mass is 301 g/mol. The van der Waals surface area contributed by atoms with Crippen LogP contribution >= 0.6 is 0 Å². The zero-order valence-electron chi connectivity index (χ0n) is 12.0. The lowest BCUT2D eigenvalue weighted by molar-refractivity contribution is 0.155. The van der Waals surface area contributed by atoms with Crippen LogP contribution in [0.15, 0.2) is 42.5 Å². The van der Waals surface area contributed by atoms with E-state index in [2.05, 4.69) is 5.32 Å². The number of aryl methyl sites for hydroxylation is 1. The smallest absolute Gasteiger partial charge is 0.412 e. The zero-order chi connectivity index (χ0) is 15.4. The van der Waals surface area contributed by atoms with Gasteiger partial charge in [-0.2, -0.15) is 0 Å². The summed E-state index contributed by atoms with van der Waals surface area (Å²) in [5, 5.41) is 2.55. The molecule has 0 aromatic heterocycles. The van der Waals surface area contributed by atoms with E-state index in [1.165, 1.54) is 12.1 Å². The van der Waals surface area contributed by atoms with Crippen molar-refractivity contribution in [3.63, 3.8) is 0 Å². The SMILES string of the molecule is O=C(Nc1cc(F)cc2c1OCCC2)OCc1ccccc1. The summed E-state index contributed by atoms with van der Waals surface area (Å²) in [7, 11) is 0. The van der Waals surface area contributed by atoms with E-state index in [1.807, 2.05) is 30.3 Å². The van der Waals surface area contributed by atoms with Crippen LogP contribution in [0.1, 0.15) is 17.5 Å². The number of hydrogen-bond acceptors (Lipinski definition) is 3. The Labute approximate surface area is 127 Å². The number of amides is 1. The number of benzene rings is 2. The van der Waals surface area contributed by atoms with Gasteiger partial charge in [-0.05, 0) is 30.0 Å². The Kier molecular flexibility index (Phi) is 4.23. The molecule has 22 heavy (non-hydrogen) atoms. The van der Waals surface area contributed by atoms with Crippen molar-refractivity contribution in [3.05, 3.63) is 59.4 Å². The van der Waals surface area contributed by atoms with E-state index in [9.17, 15) is 9.18 Å². The van der Waals surface area contributed by atoms with Crippen molar-refractivity contribution < 1.29 is 18.7 Å². The van der Waals surface area contributed by atoms with Gasteiger partial charge < -0.3 is 9.47 Å². The van der Waals surface area contributed by atoms with Crippen LogP contribution < -0.4 is 10.1 Å². The van der Waals surface area contributed by atoms with Crippen molar-refractivity contribution in [1.82, 2.24) is 0 Å². The second-order valence-corrected chi connectivity index (χ2v) is 5.08. The summed E-state index contributed by atoms with van der Waals surface area (Å²) in [6, 6.07) is 12.0. The highest BCUT2D eigenvalue weighted by Gasteiger charge is 2.18. The largest absolute Gasteiger partial charge is 0.491 e. The Bertz CT molecular complexity index is 673. The number of ether oxygens (including phenoxy) is 2. The van der Waals surface area contributed by atoms with Gasteiger partial charge in [0.15, 0.2) is 0 Å². The average molecular weight is 301 g/mol. The van der Waals surface area contributed by atoms with E-state index in [0.717, 1.165) is 24.0 Å². The third kappa shape index (κ3) is 3.36. The maximum absolute atomic E-state index is 13.6. The molecule has 0 saturated heterocycles. The number of carbonyl (C=O) groups excluding carboxylic acids is 1. The molecule has 3 rings (SSSR count). The molecule has 114 valence electrons. The third-order valence-electron chi connectivity index (χ3n) is 3.42. The molecule has 0 unspecified atom stereocenters. The summed E-state index contributed by atoms with van der Waals surface area (Å²) < 4.78 is 24.3. The maximum Gasteiger partial charge on any atom is 0.412 e. The quantitative estimate of drug-likeness (QED) is 0.935. The molecule has 1 aliphatic heterocycles. The van der Waals surface area contributed by atoms with Gasteiger partial charge in [0.05, 0.1) is 12.3 Å². The predicted octanol–water partition coefficient (Wildman–Crippen LogP) is 3.90. The Hall–Kier alpha value is -2.56. The summed E-state index contributed by atoms with van der Waals surface area (Å²) in [5.41, 5.74) is 1.97. The Morgan fingerprint density at radius 3 is 2.91 bits per heavy atom. The van der Waals surface area contributed by atoms with Crippen molar-refractivity contribution in [3.8, 4) is 5.75 Å². The van der Waals surface area contributed by atoms with Gasteiger partial charge in [0, 0.05) is 6.07 Å². The molecule has 2 aromatic rings. The highest BCUT2D eigenvalue weighted by Crippen LogP contribution is 2.34. The summed E-state index contributed by atoms with van der Waals surface area (Å²) in [6.45, 7) is 0.720. The molecule has 0 aliphatic carbocycles. The minimum absolute atomic E-state index is 0.158. The van der Waals surface area contributed by atoms with Gasteiger partial charge in [-0.1, -0.05) is 30.3 Å². The first-order chi connectivity index (χ1) is 10.7. The topological polar surface area (TPSA) is 47.6 Å². The van der Waals surface area contributed by atoms with Crippen LogP contribution in [0.25, 0.3) is 0 Å². The van der Waals surface area contributed by atoms with Crippen LogP contribution in [0.3, 0.4) is 0 Å². The van der Waals surface area contributed by atoms with Crippen molar-refractivity contribution in [2.24, 2.45) is 0 Å². The maximum atomic E-state index is 13.6. The molecule has 5 heteroatoms. The molecular formula is C17H16FNO3. The minimum atomic E-state index is -0.633. The van der Waals surface area contributed by atoms with Crippen molar-refractivity contribution in [2.45, 2.75) is 19.4 Å². The van der Waals surface area contributed by atoms with Gasteiger partial charge in [0.2, 0.25) is 0 Å². The van der Waals surface area contributed by atoms with E-state index < -0.39 is 11.9 Å². The average Bonchev–Trinajstić information content (AvgIpc) is 2.54. The third-order valence-corrected chi connectivity index (χ3v) is 3.42. The molecule has 1 N–H and O–H groups in total. The van der Waals surface area contributed by atoms with E-state index in [-0.39, 0.29) is 6.61 Å². The molecule has 1 aliphatic rings. The molecule has 0 saturated carbocycles. The van der Waals surface area contributed by atoms with Crippen molar-refractivity contribution in [2.75, 3.05) is 11.9 Å². The van der Waals surface area contributed by atoms with Crippen molar-refractivity contribution >= 4 is 11.8 Å². The fraction of sp³-hybridized carbons (Fsp3) is 0.235. The Morgan fingerprint density at radius 1 is 1.27 bits per heavy atom. The van der Waals surface area contributed by atoms with Gasteiger partial charge >= 0.3 is 6.09 Å². The number of halogens is 1. The second kappa shape index (κ2) is 6.47. The van der Waals surface area contributed by atoms with Crippen LogP contribution in [0.2, 0.25) is 0 Å². The number of hydrogen-bond donors (Lipinski definition) is 1. The summed E-state index contributed by atoms with van der Waals surface area (Å²) in [5.74, 6) is 0.131. The first kappa shape index (κ1) is 14.4. The fourth-order valence-corrected chi connectivity index (χ4v) is 2.41. The lowest BCUT2D eigenvalue weighted by Crippen LogP contribution is -2.17. The zero-order valence-corrected chi connectivity index (χ0v) is 12.0. The highest BCUT2D eigenvalue weighted by atomic mass is 19.1. The van der Waals surface area contributed by atoms with Crippen LogP contribution in [-0.2, 0) is 17.8 Å². The number of rotatable bonds is 3. The van der Waals surface area contributed by atoms with Crippen LogP contribution in [-0.4, -0.2) is 12.7 Å². The molecule has 1 amide bonds. The molecule has 0 bridgehead atoms. The molecule has 2 aromatic carbocycles. The van der Waals surface area contributed by atoms with E-state index in [4.69, 9.17) is 9.47 Å². The van der Waals surface area contributed by atoms with E-state index in [1.54, 1.807) is 0 Å². The van der Waals surface area contributed by atoms with Gasteiger partial charge in [0.1, 0.15) is 18.2 Å². The van der Waals surface area contributed by atoms with Gasteiger partial charge in [0.25, 0.3) is 0 Å². The summed E-state index contributed by atoms with van der Waals surface area (Å²) in [6.07, 6.45) is 0.945. The minimum Gasteiger partial charge on any atom is -0.491 e.